The quantitative estimate of drug-likeness (QED) is 0.0588. The van der Waals surface area contributed by atoms with Crippen LogP contribution in [0.25, 0.3) is 32.7 Å². The van der Waals surface area contributed by atoms with E-state index in [4.69, 9.17) is 9.47 Å². The van der Waals surface area contributed by atoms with Gasteiger partial charge < -0.3 is 9.47 Å². The number of carbonyl (C=O) groups excluding carboxylic acids is 1. The monoisotopic (exact) mass is 822 g/mol. The van der Waals surface area contributed by atoms with Gasteiger partial charge in [0.1, 0.15) is 17.3 Å². The van der Waals surface area contributed by atoms with Crippen LogP contribution in [0, 0.1) is 17.7 Å². The number of halogens is 2. The molecule has 6 aromatic carbocycles. The summed E-state index contributed by atoms with van der Waals surface area (Å²) in [5.41, 5.74) is 4.56. The van der Waals surface area contributed by atoms with Gasteiger partial charge in [-0.05, 0) is 144 Å². The zero-order valence-electron chi connectivity index (χ0n) is 36.4. The standard InChI is InChI=1S/C39H39FO3.C17H25F/c1-2-3-4-9-27-14-16-28(17-15-27)29-18-20-32(21-19-29)39(41)43-36-25-23-31-11-6-8-13-34(31)38(36)37-33-12-7-5-10-30(33)22-24-35(37)42-26-40;1-2-3-4-5-14-6-8-15(9-7-14)16-10-12-17(18)13-11-16/h5-8,10-13,18-25,27-28H,2-4,9,14-17,26H2,1H3;10-15H,2-9H2,1H3. The summed E-state index contributed by atoms with van der Waals surface area (Å²) < 4.78 is 38.1. The Labute approximate surface area is 362 Å². The Morgan fingerprint density at radius 2 is 1.00 bits per heavy atom. The van der Waals surface area contributed by atoms with Gasteiger partial charge in [0.2, 0.25) is 6.86 Å². The molecule has 0 aromatic heterocycles. The number of ether oxygens (including phenoxy) is 2. The number of rotatable bonds is 15. The Kier molecular flexibility index (Phi) is 16.0. The summed E-state index contributed by atoms with van der Waals surface area (Å²) in [6.07, 6.45) is 21.2. The molecule has 2 aliphatic carbocycles. The second-order valence-corrected chi connectivity index (χ2v) is 17.6. The molecule has 8 rings (SSSR count). The lowest BCUT2D eigenvalue weighted by Gasteiger charge is -2.29. The number of alkyl halides is 1. The molecular weight excluding hydrogens is 759 g/mol. The van der Waals surface area contributed by atoms with Crippen LogP contribution >= 0.6 is 0 Å². The highest BCUT2D eigenvalue weighted by Crippen LogP contribution is 2.46. The lowest BCUT2D eigenvalue weighted by molar-refractivity contribution is 0.0735. The molecule has 0 bridgehead atoms. The van der Waals surface area contributed by atoms with Gasteiger partial charge in [0, 0.05) is 11.1 Å². The first kappa shape index (κ1) is 44.0. The van der Waals surface area contributed by atoms with E-state index in [0.717, 1.165) is 33.4 Å². The molecular formula is C56H64F2O3. The van der Waals surface area contributed by atoms with Crippen molar-refractivity contribution in [2.45, 2.75) is 128 Å². The molecule has 0 radical (unpaired) electrons. The second kappa shape index (κ2) is 22.2. The van der Waals surface area contributed by atoms with Crippen molar-refractivity contribution < 1.29 is 23.0 Å². The SMILES string of the molecule is CCCCCC1CCC(c2ccc(C(=O)Oc3ccc4ccccc4c3-c3c(OCF)ccc4ccccc34)cc2)CC1.CCCCCC1CCC(c2ccc(F)cc2)CC1. The molecule has 0 aliphatic heterocycles. The van der Waals surface area contributed by atoms with E-state index < -0.39 is 12.8 Å². The molecule has 320 valence electrons. The highest BCUT2D eigenvalue weighted by atomic mass is 19.1. The van der Waals surface area contributed by atoms with Gasteiger partial charge in [0.25, 0.3) is 0 Å². The number of hydrogen-bond acceptors (Lipinski definition) is 3. The zero-order valence-corrected chi connectivity index (χ0v) is 36.4. The van der Waals surface area contributed by atoms with Crippen molar-refractivity contribution in [3.8, 4) is 22.6 Å². The van der Waals surface area contributed by atoms with E-state index in [1.165, 1.54) is 114 Å². The van der Waals surface area contributed by atoms with E-state index in [2.05, 4.69) is 26.0 Å². The number of esters is 1. The number of fused-ring (bicyclic) bond motifs is 2. The summed E-state index contributed by atoms with van der Waals surface area (Å²) in [4.78, 5) is 13.6. The first-order valence-corrected chi connectivity index (χ1v) is 23.3. The Bertz CT molecular complexity index is 2280. The van der Waals surface area contributed by atoms with Crippen molar-refractivity contribution in [2.24, 2.45) is 11.8 Å². The number of carbonyl (C=O) groups is 1. The van der Waals surface area contributed by atoms with Gasteiger partial charge in [-0.25, -0.2) is 13.6 Å². The van der Waals surface area contributed by atoms with Crippen LogP contribution in [0.3, 0.4) is 0 Å². The highest BCUT2D eigenvalue weighted by Gasteiger charge is 2.25. The normalized spacial score (nSPS) is 19.0. The molecule has 0 spiro atoms. The number of unbranched alkanes of at least 4 members (excludes halogenated alkanes) is 4. The predicted octanol–water partition coefficient (Wildman–Crippen LogP) is 16.7. The average molecular weight is 823 g/mol. The summed E-state index contributed by atoms with van der Waals surface area (Å²) in [6.45, 7) is 3.57. The van der Waals surface area contributed by atoms with Gasteiger partial charge in [-0.1, -0.05) is 150 Å². The van der Waals surface area contributed by atoms with E-state index in [0.29, 0.717) is 40.0 Å². The summed E-state index contributed by atoms with van der Waals surface area (Å²) in [6, 6.07) is 38.4. The van der Waals surface area contributed by atoms with Gasteiger partial charge in [-0.3, -0.25) is 0 Å². The number of hydrogen-bond donors (Lipinski definition) is 0. The lowest BCUT2D eigenvalue weighted by Crippen LogP contribution is -2.14. The van der Waals surface area contributed by atoms with Crippen LogP contribution in [0.1, 0.15) is 150 Å². The molecule has 2 aliphatic rings. The summed E-state index contributed by atoms with van der Waals surface area (Å²) in [7, 11) is 0. The van der Waals surface area contributed by atoms with Gasteiger partial charge >= 0.3 is 5.97 Å². The molecule has 6 aromatic rings. The Hall–Kier alpha value is -5.03. The molecule has 2 fully saturated rings. The molecule has 2 saturated carbocycles. The van der Waals surface area contributed by atoms with E-state index in [9.17, 15) is 13.6 Å². The third-order valence-electron chi connectivity index (χ3n) is 13.5. The van der Waals surface area contributed by atoms with Gasteiger partial charge in [0.05, 0.1) is 5.56 Å². The van der Waals surface area contributed by atoms with Crippen molar-refractivity contribution in [1.82, 2.24) is 0 Å². The van der Waals surface area contributed by atoms with Gasteiger partial charge in [-0.2, -0.15) is 0 Å². The maximum Gasteiger partial charge on any atom is 0.343 e. The minimum Gasteiger partial charge on any atom is -0.462 e. The fraction of sp³-hybridized carbons (Fsp3) is 0.411. The first-order valence-electron chi connectivity index (χ1n) is 23.3. The summed E-state index contributed by atoms with van der Waals surface area (Å²) in [5.74, 6) is 3.32. The molecule has 61 heavy (non-hydrogen) atoms. The molecule has 0 unspecified atom stereocenters. The van der Waals surface area contributed by atoms with Crippen molar-refractivity contribution >= 4 is 27.5 Å². The Morgan fingerprint density at radius 3 is 1.49 bits per heavy atom. The Balaban J connectivity index is 0.000000260. The summed E-state index contributed by atoms with van der Waals surface area (Å²) >= 11 is 0. The average Bonchev–Trinajstić information content (AvgIpc) is 3.30. The van der Waals surface area contributed by atoms with E-state index in [1.807, 2.05) is 91.0 Å². The maximum atomic E-state index is 13.6. The van der Waals surface area contributed by atoms with E-state index >= 15 is 0 Å². The largest absolute Gasteiger partial charge is 0.462 e. The molecule has 5 heteroatoms. The van der Waals surface area contributed by atoms with Crippen LogP contribution in [0.4, 0.5) is 8.78 Å². The van der Waals surface area contributed by atoms with Crippen LogP contribution in [0.5, 0.6) is 11.5 Å². The third-order valence-corrected chi connectivity index (χ3v) is 13.5. The van der Waals surface area contributed by atoms with E-state index in [-0.39, 0.29) is 5.82 Å². The van der Waals surface area contributed by atoms with Crippen LogP contribution < -0.4 is 9.47 Å². The zero-order chi connectivity index (χ0) is 42.4. The van der Waals surface area contributed by atoms with E-state index in [1.54, 1.807) is 18.2 Å². The second-order valence-electron chi connectivity index (χ2n) is 17.6. The summed E-state index contributed by atoms with van der Waals surface area (Å²) in [5, 5.41) is 3.76. The topological polar surface area (TPSA) is 35.5 Å². The third kappa shape index (κ3) is 11.5. The smallest absolute Gasteiger partial charge is 0.343 e. The minimum absolute atomic E-state index is 0.119. The highest BCUT2D eigenvalue weighted by molar-refractivity contribution is 6.10. The molecule has 3 nitrogen and oxygen atoms in total. The molecule has 0 N–H and O–H groups in total. The maximum absolute atomic E-state index is 13.6. The van der Waals surface area contributed by atoms with Gasteiger partial charge in [-0.15, -0.1) is 0 Å². The molecule has 0 atom stereocenters. The molecule has 0 amide bonds. The number of benzene rings is 6. The Morgan fingerprint density at radius 1 is 0.541 bits per heavy atom. The van der Waals surface area contributed by atoms with Crippen molar-refractivity contribution in [1.29, 1.82) is 0 Å². The first-order chi connectivity index (χ1) is 29.9. The minimum atomic E-state index is -0.960. The van der Waals surface area contributed by atoms with Crippen LogP contribution in [-0.2, 0) is 0 Å². The lowest BCUT2D eigenvalue weighted by atomic mass is 9.77. The van der Waals surface area contributed by atoms with Crippen molar-refractivity contribution in [2.75, 3.05) is 6.86 Å². The molecule has 0 heterocycles. The fourth-order valence-corrected chi connectivity index (χ4v) is 10.0. The van der Waals surface area contributed by atoms with Crippen molar-refractivity contribution in [3.63, 3.8) is 0 Å². The molecule has 0 saturated heterocycles. The van der Waals surface area contributed by atoms with Crippen LogP contribution in [0.2, 0.25) is 0 Å². The van der Waals surface area contributed by atoms with Crippen LogP contribution in [0.15, 0.2) is 121 Å². The predicted molar refractivity (Wildman–Crippen MR) is 249 cm³/mol. The van der Waals surface area contributed by atoms with Crippen molar-refractivity contribution in [3.05, 3.63) is 144 Å². The fourth-order valence-electron chi connectivity index (χ4n) is 10.0. The van der Waals surface area contributed by atoms with Gasteiger partial charge in [0.15, 0.2) is 0 Å². The van der Waals surface area contributed by atoms with Crippen LogP contribution in [-0.4, -0.2) is 12.8 Å².